The molecule has 0 amide bonds. The number of pyridine rings is 1. The average Bonchev–Trinajstić information content (AvgIpc) is 2.40. The van der Waals surface area contributed by atoms with Crippen molar-refractivity contribution in [2.24, 2.45) is 0 Å². The van der Waals surface area contributed by atoms with Gasteiger partial charge < -0.3 is 5.32 Å². The topological polar surface area (TPSA) is 71.1 Å². The molecule has 2 rings (SSSR count). The van der Waals surface area contributed by atoms with Gasteiger partial charge in [0, 0.05) is 12.7 Å². The molecular weight excluding hydrogens is 262 g/mol. The molecule has 0 spiro atoms. The van der Waals surface area contributed by atoms with E-state index in [9.17, 15) is 8.42 Å². The first kappa shape index (κ1) is 13.5. The summed E-state index contributed by atoms with van der Waals surface area (Å²) in [7, 11) is -1.85. The van der Waals surface area contributed by atoms with Crippen LogP contribution in [0.1, 0.15) is 5.56 Å². The summed E-state index contributed by atoms with van der Waals surface area (Å²) in [6, 6.07) is 11.9. The highest BCUT2D eigenvalue weighted by atomic mass is 32.2. The second-order valence-corrected chi connectivity index (χ2v) is 5.61. The predicted octanol–water partition coefficient (Wildman–Crippen LogP) is 1.60. The average molecular weight is 277 g/mol. The second kappa shape index (κ2) is 5.81. The van der Waals surface area contributed by atoms with E-state index in [1.807, 2.05) is 6.07 Å². The highest BCUT2D eigenvalue weighted by Gasteiger charge is 2.18. The van der Waals surface area contributed by atoms with Crippen molar-refractivity contribution in [2.45, 2.75) is 11.4 Å². The van der Waals surface area contributed by atoms with Crippen LogP contribution in [0.3, 0.4) is 0 Å². The Balaban J connectivity index is 2.35. The van der Waals surface area contributed by atoms with Crippen molar-refractivity contribution in [1.82, 2.24) is 10.3 Å². The van der Waals surface area contributed by atoms with Gasteiger partial charge in [-0.05, 0) is 30.8 Å². The van der Waals surface area contributed by atoms with Crippen LogP contribution in [0, 0.1) is 0 Å². The quantitative estimate of drug-likeness (QED) is 0.871. The number of nitrogens with one attached hydrogen (secondary N) is 2. The number of aromatic nitrogens is 1. The van der Waals surface area contributed by atoms with Gasteiger partial charge in [-0.3, -0.25) is 4.72 Å². The van der Waals surface area contributed by atoms with Gasteiger partial charge in [-0.2, -0.15) is 0 Å². The third-order valence-electron chi connectivity index (χ3n) is 2.53. The Hall–Kier alpha value is -1.92. The van der Waals surface area contributed by atoms with Crippen molar-refractivity contribution in [1.29, 1.82) is 0 Å². The molecule has 0 unspecified atom stereocenters. The molecule has 0 radical (unpaired) electrons. The van der Waals surface area contributed by atoms with Gasteiger partial charge in [-0.25, -0.2) is 13.4 Å². The zero-order valence-electron chi connectivity index (χ0n) is 10.5. The minimum Gasteiger partial charge on any atom is -0.316 e. The van der Waals surface area contributed by atoms with Crippen molar-refractivity contribution in [3.8, 4) is 0 Å². The smallest absolute Gasteiger partial charge is 0.263 e. The fraction of sp³-hybridized carbons (Fsp3) is 0.154. The van der Waals surface area contributed by atoms with E-state index in [4.69, 9.17) is 0 Å². The Bertz CT molecular complexity index is 642. The molecule has 0 aliphatic heterocycles. The molecule has 5 nitrogen and oxygen atoms in total. The molecular formula is C13H15N3O2S. The van der Waals surface area contributed by atoms with Crippen LogP contribution in [0.2, 0.25) is 0 Å². The lowest BCUT2D eigenvalue weighted by Gasteiger charge is -2.11. The first-order chi connectivity index (χ1) is 9.13. The van der Waals surface area contributed by atoms with E-state index in [2.05, 4.69) is 15.0 Å². The van der Waals surface area contributed by atoms with Crippen LogP contribution in [0.15, 0.2) is 53.6 Å². The summed E-state index contributed by atoms with van der Waals surface area (Å²) in [4.78, 5) is 4.22. The van der Waals surface area contributed by atoms with Crippen molar-refractivity contribution in [3.63, 3.8) is 0 Å². The number of anilines is 1. The molecule has 1 aromatic heterocycles. The summed E-state index contributed by atoms with van der Waals surface area (Å²) >= 11 is 0. The van der Waals surface area contributed by atoms with Crippen LogP contribution in [0.4, 0.5) is 5.82 Å². The van der Waals surface area contributed by atoms with Crippen molar-refractivity contribution in [2.75, 3.05) is 11.8 Å². The maximum atomic E-state index is 12.3. The molecule has 0 saturated carbocycles. The van der Waals surface area contributed by atoms with Crippen LogP contribution in [0.25, 0.3) is 0 Å². The molecule has 0 aliphatic carbocycles. The molecule has 2 N–H and O–H groups in total. The predicted molar refractivity (Wildman–Crippen MR) is 74.3 cm³/mol. The molecule has 19 heavy (non-hydrogen) atoms. The molecule has 0 saturated heterocycles. The van der Waals surface area contributed by atoms with Gasteiger partial charge in [-0.1, -0.05) is 24.3 Å². The van der Waals surface area contributed by atoms with E-state index in [1.165, 1.54) is 6.20 Å². The summed E-state index contributed by atoms with van der Waals surface area (Å²) < 4.78 is 27.1. The summed E-state index contributed by atoms with van der Waals surface area (Å²) in [6.45, 7) is 0.485. The molecule has 100 valence electrons. The Labute approximate surface area is 112 Å². The van der Waals surface area contributed by atoms with Crippen molar-refractivity contribution in [3.05, 3.63) is 54.2 Å². The fourth-order valence-electron chi connectivity index (χ4n) is 1.72. The second-order valence-electron chi connectivity index (χ2n) is 3.96. The summed E-state index contributed by atoms with van der Waals surface area (Å²) in [5.74, 6) is 0.307. The Morgan fingerprint density at radius 3 is 2.53 bits per heavy atom. The van der Waals surface area contributed by atoms with Gasteiger partial charge in [0.25, 0.3) is 10.0 Å². The highest BCUT2D eigenvalue weighted by Crippen LogP contribution is 2.18. The monoisotopic (exact) mass is 277 g/mol. The van der Waals surface area contributed by atoms with Gasteiger partial charge in [0.1, 0.15) is 5.82 Å². The van der Waals surface area contributed by atoms with E-state index in [-0.39, 0.29) is 4.90 Å². The first-order valence-electron chi connectivity index (χ1n) is 5.80. The number of hydrogen-bond acceptors (Lipinski definition) is 4. The molecule has 1 aromatic carbocycles. The lowest BCUT2D eigenvalue weighted by atomic mass is 10.2. The van der Waals surface area contributed by atoms with Gasteiger partial charge >= 0.3 is 0 Å². The van der Waals surface area contributed by atoms with E-state index >= 15 is 0 Å². The van der Waals surface area contributed by atoms with Gasteiger partial charge in [0.15, 0.2) is 0 Å². The van der Waals surface area contributed by atoms with Crippen molar-refractivity contribution >= 4 is 15.8 Å². The maximum absolute atomic E-state index is 12.3. The minimum atomic E-state index is -3.62. The van der Waals surface area contributed by atoms with Crippen molar-refractivity contribution < 1.29 is 8.42 Å². The molecule has 2 aromatic rings. The third-order valence-corrected chi connectivity index (χ3v) is 3.99. The Morgan fingerprint density at radius 1 is 1.11 bits per heavy atom. The summed E-state index contributed by atoms with van der Waals surface area (Å²) in [5, 5.41) is 2.95. The number of hydrogen-bond donors (Lipinski definition) is 2. The molecule has 0 fully saturated rings. The number of rotatable bonds is 5. The number of nitrogens with zero attached hydrogens (tertiary/aromatic N) is 1. The maximum Gasteiger partial charge on any atom is 0.263 e. The van der Waals surface area contributed by atoms with Crippen LogP contribution in [-0.2, 0) is 16.6 Å². The van der Waals surface area contributed by atoms with E-state index in [0.29, 0.717) is 17.9 Å². The Kier molecular flexibility index (Phi) is 4.13. The van der Waals surface area contributed by atoms with E-state index in [1.54, 1.807) is 43.4 Å². The van der Waals surface area contributed by atoms with E-state index < -0.39 is 10.0 Å². The number of benzene rings is 1. The first-order valence-corrected chi connectivity index (χ1v) is 7.28. The minimum absolute atomic E-state index is 0.259. The van der Waals surface area contributed by atoms with Gasteiger partial charge in [0.2, 0.25) is 0 Å². The van der Waals surface area contributed by atoms with Crippen LogP contribution >= 0.6 is 0 Å². The normalized spacial score (nSPS) is 11.2. The largest absolute Gasteiger partial charge is 0.316 e. The fourth-order valence-corrected chi connectivity index (χ4v) is 2.97. The molecule has 1 heterocycles. The molecule has 6 heteroatoms. The molecule has 0 aliphatic rings. The molecule has 0 atom stereocenters. The summed E-state index contributed by atoms with van der Waals surface area (Å²) in [5.41, 5.74) is 0.716. The zero-order valence-corrected chi connectivity index (χ0v) is 11.3. The lowest BCUT2D eigenvalue weighted by molar-refractivity contribution is 0.599. The standard InChI is InChI=1S/C13H15N3O2S/c1-14-10-11-6-2-3-7-12(11)19(17,18)16-13-8-4-5-9-15-13/h2-9,14H,10H2,1H3,(H,15,16). The van der Waals surface area contributed by atoms with Gasteiger partial charge in [-0.15, -0.1) is 0 Å². The molecule has 0 bridgehead atoms. The van der Waals surface area contributed by atoms with Gasteiger partial charge in [0.05, 0.1) is 4.90 Å². The van der Waals surface area contributed by atoms with Crippen LogP contribution < -0.4 is 10.0 Å². The lowest BCUT2D eigenvalue weighted by Crippen LogP contribution is -2.17. The highest BCUT2D eigenvalue weighted by molar-refractivity contribution is 7.92. The summed E-state index contributed by atoms with van der Waals surface area (Å²) in [6.07, 6.45) is 1.54. The third kappa shape index (κ3) is 3.30. The Morgan fingerprint density at radius 2 is 1.84 bits per heavy atom. The SMILES string of the molecule is CNCc1ccccc1S(=O)(=O)Nc1ccccn1. The van der Waals surface area contributed by atoms with Crippen LogP contribution in [0.5, 0.6) is 0 Å². The zero-order chi connectivity index (χ0) is 13.7. The van der Waals surface area contributed by atoms with E-state index in [0.717, 1.165) is 0 Å². The number of sulfonamides is 1. The van der Waals surface area contributed by atoms with Crippen LogP contribution in [-0.4, -0.2) is 20.4 Å².